The second-order valence-electron chi connectivity index (χ2n) is 16.0. The minimum absolute atomic E-state index is 0.0170. The summed E-state index contributed by atoms with van der Waals surface area (Å²) in [7, 11) is 0. The number of ether oxygens (including phenoxy) is 3. The SMILES string of the molecule is C[C@H](Cc1ccc(OCc2ccnc(N3CC4(COC4)C3)n2)cc1)c1ccccc1O[C@@H]1[C@H](C)C[C@H]1Nc1ccc2c(c1)C(=O)N(C1CCC(=O)NC1=O)C2=O. The number of amides is 4. The third-order valence-electron chi connectivity index (χ3n) is 11.8. The van der Waals surface area contributed by atoms with Crippen LogP contribution >= 0.6 is 0 Å². The van der Waals surface area contributed by atoms with Gasteiger partial charge < -0.3 is 24.4 Å². The molecule has 2 N–H and O–H groups in total. The molecule has 1 aromatic heterocycles. The van der Waals surface area contributed by atoms with E-state index in [2.05, 4.69) is 52.6 Å². The third-order valence-corrected chi connectivity index (χ3v) is 11.8. The Morgan fingerprint density at radius 3 is 2.52 bits per heavy atom. The van der Waals surface area contributed by atoms with E-state index in [1.165, 1.54) is 5.56 Å². The number of anilines is 2. The fraction of sp³-hybridized carbons (Fsp3) is 0.395. The number of nitrogens with one attached hydrogen (secondary N) is 2. The van der Waals surface area contributed by atoms with E-state index >= 15 is 0 Å². The number of hydrogen-bond acceptors (Lipinski definition) is 11. The molecular formula is C43H44N6O7. The van der Waals surface area contributed by atoms with Crippen LogP contribution in [0.1, 0.15) is 76.6 Å². The standard InChI is InChI=1S/C43H44N6O7/c1-25(17-27-7-10-30(11-8-27)55-20-29-15-16-44-42(46-29)48-21-43(22-48)23-54-24-43)31-5-3-4-6-36(31)56-38-26(2)18-34(38)45-28-9-12-32-33(19-28)41(53)49(40(32)52)35-13-14-37(50)47-39(35)51/h3-12,15-16,19,25-26,34-35,38,45H,13-14,17-18,20-24H2,1-2H3,(H,47,50,51)/t25-,26-,34-,35?,38-/m1/s1. The molecule has 0 bridgehead atoms. The number of hydrogen-bond donors (Lipinski definition) is 2. The van der Waals surface area contributed by atoms with Crippen LogP contribution in [0.4, 0.5) is 11.6 Å². The molecule has 3 aromatic carbocycles. The first-order chi connectivity index (χ1) is 27.1. The molecule has 13 nitrogen and oxygen atoms in total. The lowest BCUT2D eigenvalue weighted by Crippen LogP contribution is -2.66. The van der Waals surface area contributed by atoms with E-state index in [4.69, 9.17) is 19.2 Å². The zero-order chi connectivity index (χ0) is 38.6. The van der Waals surface area contributed by atoms with Gasteiger partial charge in [-0.25, -0.2) is 9.97 Å². The lowest BCUT2D eigenvalue weighted by molar-refractivity contribution is -0.136. The van der Waals surface area contributed by atoms with Crippen molar-refractivity contribution < 1.29 is 33.4 Å². The van der Waals surface area contributed by atoms with Crippen LogP contribution in [0.25, 0.3) is 0 Å². The van der Waals surface area contributed by atoms with Crippen molar-refractivity contribution in [2.45, 2.75) is 70.2 Å². The molecule has 3 saturated heterocycles. The van der Waals surface area contributed by atoms with Crippen molar-refractivity contribution in [2.24, 2.45) is 11.3 Å². The van der Waals surface area contributed by atoms with E-state index in [0.717, 1.165) is 72.7 Å². The van der Waals surface area contributed by atoms with Crippen LogP contribution in [-0.2, 0) is 27.4 Å². The molecule has 0 radical (unpaired) electrons. The summed E-state index contributed by atoms with van der Waals surface area (Å²) in [5.41, 5.74) is 4.64. The molecule has 1 spiro atoms. The second-order valence-corrected chi connectivity index (χ2v) is 16.0. The predicted octanol–water partition coefficient (Wildman–Crippen LogP) is 4.91. The van der Waals surface area contributed by atoms with Gasteiger partial charge in [-0.3, -0.25) is 29.4 Å². The molecular weight excluding hydrogens is 713 g/mol. The summed E-state index contributed by atoms with van der Waals surface area (Å²) >= 11 is 0. The van der Waals surface area contributed by atoms with Crippen LogP contribution in [0.5, 0.6) is 11.5 Å². The van der Waals surface area contributed by atoms with Gasteiger partial charge in [0.2, 0.25) is 17.8 Å². The topological polar surface area (TPSA) is 152 Å². The molecule has 4 fully saturated rings. The monoisotopic (exact) mass is 756 g/mol. The van der Waals surface area contributed by atoms with Gasteiger partial charge in [0.25, 0.3) is 11.8 Å². The molecule has 5 heterocycles. The Bertz CT molecular complexity index is 2200. The van der Waals surface area contributed by atoms with Gasteiger partial charge in [-0.05, 0) is 84.7 Å². The van der Waals surface area contributed by atoms with Crippen LogP contribution in [-0.4, -0.2) is 83.0 Å². The lowest BCUT2D eigenvalue weighted by Gasteiger charge is -2.54. The van der Waals surface area contributed by atoms with E-state index < -0.39 is 29.7 Å². The number of benzene rings is 3. The highest BCUT2D eigenvalue weighted by Crippen LogP contribution is 2.40. The fourth-order valence-electron chi connectivity index (χ4n) is 8.56. The summed E-state index contributed by atoms with van der Waals surface area (Å²) < 4.78 is 18.2. The zero-order valence-corrected chi connectivity index (χ0v) is 31.4. The maximum absolute atomic E-state index is 13.4. The number of imide groups is 2. The van der Waals surface area contributed by atoms with Crippen molar-refractivity contribution in [1.29, 1.82) is 0 Å². The van der Waals surface area contributed by atoms with Crippen LogP contribution in [0.3, 0.4) is 0 Å². The highest BCUT2D eigenvalue weighted by atomic mass is 16.5. The van der Waals surface area contributed by atoms with Crippen LogP contribution in [0.15, 0.2) is 79.0 Å². The highest BCUT2D eigenvalue weighted by Gasteiger charge is 2.50. The average Bonchev–Trinajstić information content (AvgIpc) is 3.40. The first-order valence-electron chi connectivity index (χ1n) is 19.4. The minimum Gasteiger partial charge on any atom is -0.488 e. The van der Waals surface area contributed by atoms with Gasteiger partial charge in [-0.15, -0.1) is 0 Å². The molecule has 1 saturated carbocycles. The molecule has 4 aliphatic heterocycles. The maximum atomic E-state index is 13.4. The Hall–Kier alpha value is -5.82. The van der Waals surface area contributed by atoms with E-state index in [-0.39, 0.29) is 42.0 Å². The van der Waals surface area contributed by atoms with Gasteiger partial charge in [0.1, 0.15) is 30.3 Å². The van der Waals surface area contributed by atoms with Gasteiger partial charge in [-0.2, -0.15) is 0 Å². The summed E-state index contributed by atoms with van der Waals surface area (Å²) in [6.45, 7) is 8.26. The number of fused-ring (bicyclic) bond motifs is 1. The van der Waals surface area contributed by atoms with Gasteiger partial charge in [0.05, 0.1) is 41.5 Å². The molecule has 56 heavy (non-hydrogen) atoms. The maximum Gasteiger partial charge on any atom is 0.262 e. The second kappa shape index (κ2) is 14.4. The number of nitrogens with zero attached hydrogens (tertiary/aromatic N) is 4. The number of piperidine rings is 1. The lowest BCUT2D eigenvalue weighted by atomic mass is 9.78. The number of rotatable bonds is 12. The first kappa shape index (κ1) is 35.9. The summed E-state index contributed by atoms with van der Waals surface area (Å²) in [6.07, 6.45) is 3.56. The number of aromatic nitrogens is 2. The Morgan fingerprint density at radius 1 is 0.982 bits per heavy atom. The Balaban J connectivity index is 0.802. The number of para-hydroxylation sites is 1. The number of carbonyl (C=O) groups excluding carboxylic acids is 4. The Morgan fingerprint density at radius 2 is 1.77 bits per heavy atom. The molecule has 4 amide bonds. The summed E-state index contributed by atoms with van der Waals surface area (Å²) in [5, 5.41) is 5.77. The fourth-order valence-corrected chi connectivity index (χ4v) is 8.56. The zero-order valence-electron chi connectivity index (χ0n) is 31.4. The third kappa shape index (κ3) is 6.74. The minimum atomic E-state index is -1.00. The highest BCUT2D eigenvalue weighted by molar-refractivity contribution is 6.23. The molecule has 1 aliphatic carbocycles. The molecule has 5 atom stereocenters. The van der Waals surface area contributed by atoms with Crippen molar-refractivity contribution in [3.63, 3.8) is 0 Å². The van der Waals surface area contributed by atoms with Gasteiger partial charge in [-0.1, -0.05) is 44.2 Å². The smallest absolute Gasteiger partial charge is 0.262 e. The normalized spacial score (nSPS) is 24.1. The van der Waals surface area contributed by atoms with Gasteiger partial charge in [0.15, 0.2) is 0 Å². The molecule has 4 aromatic rings. The van der Waals surface area contributed by atoms with Crippen molar-refractivity contribution >= 4 is 35.3 Å². The van der Waals surface area contributed by atoms with E-state index in [1.807, 2.05) is 36.4 Å². The van der Waals surface area contributed by atoms with E-state index in [0.29, 0.717) is 23.6 Å². The largest absolute Gasteiger partial charge is 0.488 e. The van der Waals surface area contributed by atoms with Gasteiger partial charge in [0, 0.05) is 31.4 Å². The van der Waals surface area contributed by atoms with Crippen LogP contribution in [0.2, 0.25) is 0 Å². The van der Waals surface area contributed by atoms with Crippen LogP contribution < -0.4 is 25.0 Å². The summed E-state index contributed by atoms with van der Waals surface area (Å²) in [5.74, 6) is 0.765. The molecule has 9 rings (SSSR count). The summed E-state index contributed by atoms with van der Waals surface area (Å²) in [4.78, 5) is 63.0. The molecule has 5 aliphatic rings. The molecule has 13 heteroatoms. The molecule has 1 unspecified atom stereocenters. The van der Waals surface area contributed by atoms with Crippen LogP contribution in [0, 0.1) is 11.3 Å². The van der Waals surface area contributed by atoms with Crippen molar-refractivity contribution in [2.75, 3.05) is 36.5 Å². The Kier molecular flexibility index (Phi) is 9.19. The van der Waals surface area contributed by atoms with Crippen molar-refractivity contribution in [3.05, 3.63) is 107 Å². The van der Waals surface area contributed by atoms with Crippen molar-refractivity contribution in [1.82, 2.24) is 20.2 Å². The van der Waals surface area contributed by atoms with E-state index in [9.17, 15) is 19.2 Å². The van der Waals surface area contributed by atoms with Gasteiger partial charge >= 0.3 is 0 Å². The Labute approximate surface area is 324 Å². The summed E-state index contributed by atoms with van der Waals surface area (Å²) in [6, 6.07) is 22.3. The van der Waals surface area contributed by atoms with E-state index in [1.54, 1.807) is 24.4 Å². The molecule has 288 valence electrons. The quantitative estimate of drug-likeness (QED) is 0.190. The first-order valence-corrected chi connectivity index (χ1v) is 19.4. The number of carbonyl (C=O) groups is 4. The average molecular weight is 757 g/mol. The van der Waals surface area contributed by atoms with Crippen molar-refractivity contribution in [3.8, 4) is 11.5 Å². The predicted molar refractivity (Wildman–Crippen MR) is 206 cm³/mol.